The van der Waals surface area contributed by atoms with Crippen LogP contribution in [0.1, 0.15) is 33.4 Å². The number of hydrogen-bond acceptors (Lipinski definition) is 6. The van der Waals surface area contributed by atoms with Gasteiger partial charge in [0.1, 0.15) is 0 Å². The van der Waals surface area contributed by atoms with Gasteiger partial charge >= 0.3 is 0 Å². The van der Waals surface area contributed by atoms with Crippen molar-refractivity contribution in [3.63, 3.8) is 0 Å². The van der Waals surface area contributed by atoms with E-state index in [-0.39, 0.29) is 0 Å². The Kier molecular flexibility index (Phi) is 8.80. The van der Waals surface area contributed by atoms with Crippen molar-refractivity contribution in [3.8, 4) is 57.8 Å². The fourth-order valence-corrected chi connectivity index (χ4v) is 14.2. The minimum Gasteiger partial charge on any atom is -0.452 e. The van der Waals surface area contributed by atoms with Crippen molar-refractivity contribution in [1.82, 2.24) is 33.2 Å². The maximum Gasteiger partial charge on any atom is 0.156 e. The number of rotatable bonds is 4. The molecular weight excluding hydrogens is 1010 g/mol. The predicted octanol–water partition coefficient (Wildman–Crippen LogP) is 16.5. The summed E-state index contributed by atoms with van der Waals surface area (Å²) in [7, 11) is 0. The van der Waals surface area contributed by atoms with Crippen molar-refractivity contribution in [1.29, 1.82) is 10.5 Å². The zero-order chi connectivity index (χ0) is 53.9. The van der Waals surface area contributed by atoms with E-state index in [2.05, 4.69) is 218 Å². The van der Waals surface area contributed by atoms with Gasteiger partial charge < -0.3 is 23.0 Å². The van der Waals surface area contributed by atoms with Gasteiger partial charge in [-0.3, -0.25) is 15.0 Å². The topological polar surface area (TPSA) is 115 Å². The van der Waals surface area contributed by atoms with Crippen LogP contribution in [0.3, 0.4) is 0 Å². The third kappa shape index (κ3) is 5.66. The van der Waals surface area contributed by atoms with Crippen molar-refractivity contribution in [2.45, 2.75) is 5.41 Å². The Balaban J connectivity index is 1.02. The van der Waals surface area contributed by atoms with Crippen LogP contribution in [0, 0.1) is 22.7 Å². The molecule has 0 saturated heterocycles. The van der Waals surface area contributed by atoms with Crippen LogP contribution < -0.4 is 4.74 Å². The smallest absolute Gasteiger partial charge is 0.156 e. The molecule has 0 radical (unpaired) electrons. The molecule has 2 aliphatic rings. The Bertz CT molecular complexity index is 5170. The highest BCUT2D eigenvalue weighted by Crippen LogP contribution is 2.64. The van der Waals surface area contributed by atoms with E-state index in [0.29, 0.717) is 22.6 Å². The molecular formula is C72H39N9O. The van der Waals surface area contributed by atoms with Crippen LogP contribution in [0.2, 0.25) is 0 Å². The fourth-order valence-electron chi connectivity index (χ4n) is 14.2. The summed E-state index contributed by atoms with van der Waals surface area (Å²) in [5.41, 5.74) is 16.7. The van der Waals surface area contributed by atoms with Crippen LogP contribution >= 0.6 is 0 Å². The Morgan fingerprint density at radius 2 is 0.732 bits per heavy atom. The maximum atomic E-state index is 10.2. The molecule has 0 N–H and O–H groups in total. The first kappa shape index (κ1) is 44.4. The molecule has 10 heteroatoms. The summed E-state index contributed by atoms with van der Waals surface area (Å²) in [5.74, 6) is 1.38. The van der Waals surface area contributed by atoms with Crippen LogP contribution in [-0.4, -0.2) is 33.2 Å². The van der Waals surface area contributed by atoms with Crippen molar-refractivity contribution in [3.05, 3.63) is 270 Å². The molecule has 1 aliphatic heterocycles. The van der Waals surface area contributed by atoms with Crippen molar-refractivity contribution in [2.75, 3.05) is 0 Å². The van der Waals surface area contributed by atoms with Gasteiger partial charge in [-0.1, -0.05) is 115 Å². The lowest BCUT2D eigenvalue weighted by atomic mass is 9.66. The second-order valence-corrected chi connectivity index (χ2v) is 21.3. The molecule has 0 amide bonds. The average molecular weight is 1050 g/mol. The molecule has 0 saturated carbocycles. The molecule has 0 bridgehead atoms. The zero-order valence-corrected chi connectivity index (χ0v) is 43.4. The van der Waals surface area contributed by atoms with Gasteiger partial charge in [-0.25, -0.2) is 0 Å². The third-order valence-corrected chi connectivity index (χ3v) is 17.4. The number of fused-ring (bicyclic) bond motifs is 21. The summed E-state index contributed by atoms with van der Waals surface area (Å²) in [5, 5.41) is 28.8. The summed E-state index contributed by atoms with van der Waals surface area (Å²) >= 11 is 0. The van der Waals surface area contributed by atoms with Crippen molar-refractivity contribution < 1.29 is 4.74 Å². The summed E-state index contributed by atoms with van der Waals surface area (Å²) in [6.45, 7) is 0. The number of para-hydroxylation sites is 7. The first-order chi connectivity index (χ1) is 40.6. The molecule has 0 atom stereocenters. The fraction of sp³-hybridized carbons (Fsp3) is 0.0139. The number of nitriles is 2. The lowest BCUT2D eigenvalue weighted by Crippen LogP contribution is -2.33. The Morgan fingerprint density at radius 1 is 0.341 bits per heavy atom. The molecule has 1 aliphatic carbocycles. The second kappa shape index (κ2) is 16.2. The van der Waals surface area contributed by atoms with E-state index in [4.69, 9.17) is 19.7 Å². The van der Waals surface area contributed by atoms with E-state index in [1.807, 2.05) is 49.1 Å². The number of pyridine rings is 3. The predicted molar refractivity (Wildman–Crippen MR) is 324 cm³/mol. The number of benzene rings is 9. The summed E-state index contributed by atoms with van der Waals surface area (Å²) < 4.78 is 17.1. The van der Waals surface area contributed by atoms with Crippen molar-refractivity contribution in [2.24, 2.45) is 0 Å². The standard InChI is InChI=1S/C72H39N9O/c73-37-42-27-29-63-52(33-42)49-16-4-6-20-58(49)78(63)44-35-56-68(76-39-44)69-57(36-45(40-77-69)79-59-21-7-5-17-50(59)53-34-43(38-74)28-30-64(53)79)72(56)54-18-11-25-65(80-60-22-8-1-13-46(60)47-14-2-9-23-61(47)80)70(54)82-71-55(72)19-12-26-66(71)81-62-24-10-3-15-48(62)51-31-32-75-41-67(51)81/h1-36,39-41H. The summed E-state index contributed by atoms with van der Waals surface area (Å²) in [6.07, 6.45) is 7.75. The van der Waals surface area contributed by atoms with E-state index in [0.717, 1.165) is 144 Å². The van der Waals surface area contributed by atoms with Gasteiger partial charge in [0.25, 0.3) is 0 Å². The highest BCUT2D eigenvalue weighted by atomic mass is 16.5. The van der Waals surface area contributed by atoms with Crippen LogP contribution in [0.4, 0.5) is 0 Å². The average Bonchev–Trinajstić information content (AvgIpc) is 1.56. The third-order valence-electron chi connectivity index (χ3n) is 17.4. The van der Waals surface area contributed by atoms with Crippen LogP contribution in [0.5, 0.6) is 11.5 Å². The maximum absolute atomic E-state index is 10.2. The first-order valence-electron chi connectivity index (χ1n) is 27.3. The molecule has 0 unspecified atom stereocenters. The van der Waals surface area contributed by atoms with Gasteiger partial charge in [0.05, 0.1) is 126 Å². The molecule has 0 fully saturated rings. The number of aromatic nitrogens is 7. The molecule has 82 heavy (non-hydrogen) atoms. The van der Waals surface area contributed by atoms with E-state index in [9.17, 15) is 10.5 Å². The van der Waals surface area contributed by atoms with Crippen LogP contribution in [0.25, 0.3) is 121 Å². The molecule has 10 nitrogen and oxygen atoms in total. The van der Waals surface area contributed by atoms with Crippen LogP contribution in [-0.2, 0) is 5.41 Å². The number of ether oxygens (including phenoxy) is 1. The van der Waals surface area contributed by atoms with Gasteiger partial charge in [0.2, 0.25) is 0 Å². The molecule has 9 aromatic carbocycles. The van der Waals surface area contributed by atoms with E-state index >= 15 is 0 Å². The summed E-state index contributed by atoms with van der Waals surface area (Å²) in [4.78, 5) is 15.9. The minimum absolute atomic E-state index is 0.594. The normalized spacial score (nSPS) is 13.0. The van der Waals surface area contributed by atoms with Gasteiger partial charge in [-0.05, 0) is 97.1 Å². The Labute approximate surface area is 467 Å². The van der Waals surface area contributed by atoms with Gasteiger partial charge in [-0.2, -0.15) is 10.5 Å². The SMILES string of the molecule is N#Cc1ccc2c(c1)c1ccccc1n2-c1cnc2c(c1)C1(c3cc(-n4c5ccccc5c5cc(C#N)ccc54)cnc3-2)c2cccc(-n3c4ccccc4c4ccccc43)c2Oc2c(-n3c4ccccc4c4ccncc43)cccc21. The van der Waals surface area contributed by atoms with E-state index in [1.54, 1.807) is 0 Å². The lowest BCUT2D eigenvalue weighted by Gasteiger charge is -2.40. The highest BCUT2D eigenvalue weighted by molar-refractivity contribution is 6.13. The Morgan fingerprint density at radius 3 is 1.18 bits per heavy atom. The van der Waals surface area contributed by atoms with E-state index < -0.39 is 5.41 Å². The highest BCUT2D eigenvalue weighted by Gasteiger charge is 2.54. The largest absolute Gasteiger partial charge is 0.452 e. The molecule has 1 spiro atoms. The molecule has 8 heterocycles. The minimum atomic E-state index is -1.14. The quantitative estimate of drug-likeness (QED) is 0.173. The number of hydrogen-bond donors (Lipinski definition) is 0. The van der Waals surface area contributed by atoms with Crippen LogP contribution in [0.15, 0.2) is 237 Å². The molecule has 16 aromatic rings. The zero-order valence-electron chi connectivity index (χ0n) is 43.4. The summed E-state index contributed by atoms with van der Waals surface area (Å²) in [6, 6.07) is 79.0. The molecule has 7 aromatic heterocycles. The van der Waals surface area contributed by atoms with Gasteiger partial charge in [-0.15, -0.1) is 0 Å². The molecule has 378 valence electrons. The van der Waals surface area contributed by atoms with E-state index in [1.165, 1.54) is 0 Å². The molecule has 18 rings (SSSR count). The van der Waals surface area contributed by atoms with Gasteiger partial charge in [0.15, 0.2) is 11.5 Å². The van der Waals surface area contributed by atoms with Gasteiger partial charge in [0, 0.05) is 71.5 Å². The number of nitrogens with zero attached hydrogens (tertiary/aromatic N) is 9. The monoisotopic (exact) mass is 1050 g/mol. The van der Waals surface area contributed by atoms with Crippen molar-refractivity contribution >= 4 is 87.2 Å². The second-order valence-electron chi connectivity index (χ2n) is 21.3. The first-order valence-corrected chi connectivity index (χ1v) is 27.3. The lowest BCUT2D eigenvalue weighted by molar-refractivity contribution is 0.433. The Hall–Kier alpha value is -11.6.